The van der Waals surface area contributed by atoms with Gasteiger partial charge >= 0.3 is 0 Å². The summed E-state index contributed by atoms with van der Waals surface area (Å²) in [5.41, 5.74) is 1.08. The number of fused-ring (bicyclic) bond motifs is 2. The number of hydrogen-bond acceptors (Lipinski definition) is 2. The largest absolute Gasteiger partial charge is 0.326 e. The number of nitrogens with one attached hydrogen (secondary N) is 2. The molecule has 4 nitrogen and oxygen atoms in total. The van der Waals surface area contributed by atoms with E-state index in [2.05, 4.69) is 10.6 Å². The molecule has 1 fully saturated rings. The van der Waals surface area contributed by atoms with Crippen LogP contribution in [-0.2, 0) is 9.59 Å². The number of anilines is 2. The van der Waals surface area contributed by atoms with Crippen LogP contribution in [0, 0.1) is 23.7 Å². The van der Waals surface area contributed by atoms with Crippen molar-refractivity contribution in [1.29, 1.82) is 0 Å². The Hall–Kier alpha value is -1.72. The van der Waals surface area contributed by atoms with Gasteiger partial charge in [0.15, 0.2) is 0 Å². The summed E-state index contributed by atoms with van der Waals surface area (Å²) in [5, 5.41) is 7.26. The van der Waals surface area contributed by atoms with Crippen LogP contribution in [-0.4, -0.2) is 11.8 Å². The van der Waals surface area contributed by atoms with Gasteiger partial charge in [0.05, 0.1) is 31.9 Å². The van der Waals surface area contributed by atoms with E-state index >= 15 is 0 Å². The normalized spacial score (nSPS) is 24.6. The average Bonchev–Trinajstić information content (AvgIpc) is 3.29. The van der Waals surface area contributed by atoms with Gasteiger partial charge < -0.3 is 10.6 Å². The lowest BCUT2D eigenvalue weighted by Crippen LogP contribution is -2.39. The zero-order valence-corrected chi connectivity index (χ0v) is 18.0. The molecule has 0 heterocycles. The van der Waals surface area contributed by atoms with Crippen LogP contribution in [0.4, 0.5) is 11.4 Å². The highest BCUT2D eigenvalue weighted by molar-refractivity contribution is 6.42. The molecule has 2 aliphatic rings. The van der Waals surface area contributed by atoms with Crippen LogP contribution >= 0.6 is 46.4 Å². The summed E-state index contributed by atoms with van der Waals surface area (Å²) < 4.78 is 0. The van der Waals surface area contributed by atoms with Crippen molar-refractivity contribution < 1.29 is 9.59 Å². The molecule has 0 saturated heterocycles. The van der Waals surface area contributed by atoms with E-state index in [1.807, 2.05) is 12.2 Å². The lowest BCUT2D eigenvalue weighted by atomic mass is 9.81. The van der Waals surface area contributed by atoms with Crippen molar-refractivity contribution in [2.24, 2.45) is 23.7 Å². The molecule has 2 N–H and O–H groups in total. The molecule has 4 atom stereocenters. The van der Waals surface area contributed by atoms with Crippen LogP contribution in [0.15, 0.2) is 48.6 Å². The third-order valence-electron chi connectivity index (χ3n) is 5.44. The fourth-order valence-electron chi connectivity index (χ4n) is 4.14. The summed E-state index contributed by atoms with van der Waals surface area (Å²) >= 11 is 23.9. The van der Waals surface area contributed by atoms with E-state index in [1.165, 1.54) is 0 Å². The van der Waals surface area contributed by atoms with Crippen LogP contribution in [0.2, 0.25) is 20.1 Å². The molecule has 1 saturated carbocycles. The molecule has 2 amide bonds. The lowest BCUT2D eigenvalue weighted by Gasteiger charge is -2.26. The van der Waals surface area contributed by atoms with E-state index in [1.54, 1.807) is 36.4 Å². The number of halogens is 4. The van der Waals surface area contributed by atoms with E-state index in [-0.39, 0.29) is 23.7 Å². The molecule has 29 heavy (non-hydrogen) atoms. The molecule has 0 aliphatic heterocycles. The second-order valence-electron chi connectivity index (χ2n) is 7.24. The fraction of sp³-hybridized carbons (Fsp3) is 0.238. The Bertz CT molecular complexity index is 944. The molecule has 0 radical (unpaired) electrons. The number of carbonyl (C=O) groups is 2. The van der Waals surface area contributed by atoms with Crippen LogP contribution < -0.4 is 10.6 Å². The molecule has 2 aliphatic carbocycles. The average molecular weight is 470 g/mol. The van der Waals surface area contributed by atoms with Crippen molar-refractivity contribution in [2.75, 3.05) is 10.6 Å². The molecule has 0 unspecified atom stereocenters. The molecule has 150 valence electrons. The Labute approximate surface area is 188 Å². The molecule has 2 aromatic rings. The minimum atomic E-state index is -0.470. The van der Waals surface area contributed by atoms with Crippen molar-refractivity contribution in [3.05, 3.63) is 68.6 Å². The first-order chi connectivity index (χ1) is 13.8. The summed E-state index contributed by atoms with van der Waals surface area (Å²) in [6.07, 6.45) is 4.82. The molecule has 2 aromatic carbocycles. The molecular formula is C21H16Cl4N2O2. The van der Waals surface area contributed by atoms with Crippen molar-refractivity contribution in [3.63, 3.8) is 0 Å². The highest BCUT2D eigenvalue weighted by atomic mass is 35.5. The third kappa shape index (κ3) is 4.13. The maximum Gasteiger partial charge on any atom is 0.228 e. The quantitative estimate of drug-likeness (QED) is 0.515. The lowest BCUT2D eigenvalue weighted by molar-refractivity contribution is -0.129. The van der Waals surface area contributed by atoms with Gasteiger partial charge in [-0.2, -0.15) is 0 Å². The SMILES string of the molecule is O=C(Nc1ccc(Cl)c(Cl)c1)[C@@H]1[C@@H](C(=O)Nc2ccc(Cl)c(Cl)c2)[C@H]2C=C[C@@H]1C2. The van der Waals surface area contributed by atoms with Crippen LogP contribution in [0.5, 0.6) is 0 Å². The molecular weight excluding hydrogens is 454 g/mol. The van der Waals surface area contributed by atoms with Gasteiger partial charge in [-0.1, -0.05) is 58.6 Å². The predicted octanol–water partition coefficient (Wildman–Crippen LogP) is 6.32. The Morgan fingerprint density at radius 1 is 0.690 bits per heavy atom. The third-order valence-corrected chi connectivity index (χ3v) is 6.92. The zero-order valence-electron chi connectivity index (χ0n) is 15.0. The minimum Gasteiger partial charge on any atom is -0.326 e. The Kier molecular flexibility index (Phi) is 5.80. The van der Waals surface area contributed by atoms with Crippen molar-refractivity contribution in [3.8, 4) is 0 Å². The Morgan fingerprint density at radius 3 is 1.48 bits per heavy atom. The smallest absolute Gasteiger partial charge is 0.228 e. The van der Waals surface area contributed by atoms with Gasteiger partial charge in [-0.25, -0.2) is 0 Å². The second kappa shape index (κ2) is 8.19. The van der Waals surface area contributed by atoms with Gasteiger partial charge in [-0.15, -0.1) is 0 Å². The minimum absolute atomic E-state index is 0.0207. The summed E-state index contributed by atoms with van der Waals surface area (Å²) in [6.45, 7) is 0. The van der Waals surface area contributed by atoms with Gasteiger partial charge in [0.2, 0.25) is 11.8 Å². The van der Waals surface area contributed by atoms with Gasteiger partial charge in [0.1, 0.15) is 0 Å². The van der Waals surface area contributed by atoms with Gasteiger partial charge in [0.25, 0.3) is 0 Å². The molecule has 8 heteroatoms. The monoisotopic (exact) mass is 468 g/mol. The first-order valence-corrected chi connectivity index (χ1v) is 10.5. The summed E-state index contributed by atoms with van der Waals surface area (Å²) in [7, 11) is 0. The number of rotatable bonds is 4. The van der Waals surface area contributed by atoms with E-state index in [0.717, 1.165) is 6.42 Å². The highest BCUT2D eigenvalue weighted by Crippen LogP contribution is 2.49. The summed E-state index contributed by atoms with van der Waals surface area (Å²) in [5.74, 6) is -1.33. The molecule has 0 spiro atoms. The number of hydrogen-bond donors (Lipinski definition) is 2. The second-order valence-corrected chi connectivity index (χ2v) is 8.86. The Morgan fingerprint density at radius 2 is 1.10 bits per heavy atom. The number of amides is 2. The van der Waals surface area contributed by atoms with Gasteiger partial charge in [-0.3, -0.25) is 9.59 Å². The predicted molar refractivity (Wildman–Crippen MR) is 118 cm³/mol. The van der Waals surface area contributed by atoms with E-state index in [0.29, 0.717) is 31.5 Å². The Balaban J connectivity index is 1.53. The molecule has 4 rings (SSSR count). The van der Waals surface area contributed by atoms with Crippen molar-refractivity contribution >= 4 is 69.6 Å². The van der Waals surface area contributed by atoms with Crippen LogP contribution in [0.25, 0.3) is 0 Å². The summed E-state index contributed by atoms with van der Waals surface area (Å²) in [6, 6.07) is 9.79. The topological polar surface area (TPSA) is 58.2 Å². The maximum absolute atomic E-state index is 13.0. The zero-order chi connectivity index (χ0) is 20.7. The number of carbonyl (C=O) groups excluding carboxylic acids is 2. The fourth-order valence-corrected chi connectivity index (χ4v) is 4.73. The first kappa shape index (κ1) is 20.5. The van der Waals surface area contributed by atoms with Gasteiger partial charge in [0, 0.05) is 11.4 Å². The van der Waals surface area contributed by atoms with Crippen molar-refractivity contribution in [2.45, 2.75) is 6.42 Å². The van der Waals surface area contributed by atoms with E-state index in [4.69, 9.17) is 46.4 Å². The first-order valence-electron chi connectivity index (χ1n) is 9.03. The van der Waals surface area contributed by atoms with Crippen molar-refractivity contribution in [1.82, 2.24) is 0 Å². The highest BCUT2D eigenvalue weighted by Gasteiger charge is 2.51. The summed E-state index contributed by atoms with van der Waals surface area (Å²) in [4.78, 5) is 26.1. The van der Waals surface area contributed by atoms with E-state index < -0.39 is 11.8 Å². The maximum atomic E-state index is 13.0. The number of benzene rings is 2. The van der Waals surface area contributed by atoms with E-state index in [9.17, 15) is 9.59 Å². The van der Waals surface area contributed by atoms with Crippen LogP contribution in [0.1, 0.15) is 6.42 Å². The molecule has 2 bridgehead atoms. The van der Waals surface area contributed by atoms with Gasteiger partial charge in [-0.05, 0) is 54.7 Å². The molecule has 0 aromatic heterocycles. The number of allylic oxidation sites excluding steroid dienone is 2. The standard InChI is InChI=1S/C21H16Cl4N2O2/c22-14-5-3-12(8-16(14)24)26-20(28)18-10-1-2-11(7-10)19(18)21(29)27-13-4-6-15(23)17(25)9-13/h1-6,8-11,18-19H,7H2,(H,26,28)(H,27,29)/t10-,11+,18-,19-/m0/s1. The van der Waals surface area contributed by atoms with Crippen LogP contribution in [0.3, 0.4) is 0 Å².